The molecule has 2 aromatic rings. The summed E-state index contributed by atoms with van der Waals surface area (Å²) in [5.41, 5.74) is 3.67. The number of hydrogen-bond acceptors (Lipinski definition) is 6. The Balaban J connectivity index is 2.24. The normalized spacial score (nSPS) is 10.8. The summed E-state index contributed by atoms with van der Waals surface area (Å²) in [6.07, 6.45) is 3.39. The summed E-state index contributed by atoms with van der Waals surface area (Å²) in [6, 6.07) is 3.76. The van der Waals surface area contributed by atoms with Crippen LogP contribution < -0.4 is 16.2 Å². The minimum absolute atomic E-state index is 0.245. The van der Waals surface area contributed by atoms with Crippen molar-refractivity contribution < 1.29 is 4.42 Å². The predicted molar refractivity (Wildman–Crippen MR) is 74.7 cm³/mol. The van der Waals surface area contributed by atoms with Gasteiger partial charge in [0.15, 0.2) is 0 Å². The first-order chi connectivity index (χ1) is 9.10. The van der Waals surface area contributed by atoms with Gasteiger partial charge in [-0.1, -0.05) is 13.8 Å². The number of nitrogens with zero attached hydrogens (tertiary/aromatic N) is 3. The van der Waals surface area contributed by atoms with Crippen molar-refractivity contribution in [3.63, 3.8) is 0 Å². The summed E-state index contributed by atoms with van der Waals surface area (Å²) in [7, 11) is 1.97. The molecule has 2 heterocycles. The van der Waals surface area contributed by atoms with E-state index in [1.807, 2.05) is 24.1 Å². The van der Waals surface area contributed by atoms with E-state index >= 15 is 0 Å². The molecule has 2 aromatic heterocycles. The van der Waals surface area contributed by atoms with Crippen LogP contribution in [0.4, 0.5) is 11.6 Å². The summed E-state index contributed by atoms with van der Waals surface area (Å²) in [6.45, 7) is 4.82. The Hall–Kier alpha value is -2.08. The second-order valence-corrected chi connectivity index (χ2v) is 4.76. The average Bonchev–Trinajstić information content (AvgIpc) is 2.90. The van der Waals surface area contributed by atoms with Crippen LogP contribution in [0.15, 0.2) is 29.1 Å². The third kappa shape index (κ3) is 3.23. The summed E-state index contributed by atoms with van der Waals surface area (Å²) in [4.78, 5) is 10.9. The van der Waals surface area contributed by atoms with Crippen LogP contribution in [-0.2, 0) is 6.54 Å². The number of rotatable bonds is 5. The minimum Gasteiger partial charge on any atom is -0.472 e. The summed E-state index contributed by atoms with van der Waals surface area (Å²) in [5.74, 6) is 7.91. The van der Waals surface area contributed by atoms with E-state index in [1.165, 1.54) is 0 Å². The van der Waals surface area contributed by atoms with Crippen LogP contribution in [0.25, 0.3) is 0 Å². The van der Waals surface area contributed by atoms with Gasteiger partial charge in [0, 0.05) is 31.1 Å². The van der Waals surface area contributed by atoms with E-state index in [9.17, 15) is 0 Å². The number of nitrogens with two attached hydrogens (primary N) is 1. The molecule has 19 heavy (non-hydrogen) atoms. The van der Waals surface area contributed by atoms with Crippen molar-refractivity contribution in [2.45, 2.75) is 26.3 Å². The second kappa shape index (κ2) is 5.71. The fourth-order valence-corrected chi connectivity index (χ4v) is 1.72. The van der Waals surface area contributed by atoms with E-state index in [-0.39, 0.29) is 5.92 Å². The highest BCUT2D eigenvalue weighted by Gasteiger charge is 2.11. The highest BCUT2D eigenvalue weighted by atomic mass is 16.3. The largest absolute Gasteiger partial charge is 0.472 e. The molecule has 0 unspecified atom stereocenters. The van der Waals surface area contributed by atoms with Gasteiger partial charge in [0.1, 0.15) is 17.5 Å². The van der Waals surface area contributed by atoms with Crippen LogP contribution in [0.1, 0.15) is 31.2 Å². The molecular weight excluding hydrogens is 242 g/mol. The molecule has 6 heteroatoms. The fraction of sp³-hybridized carbons (Fsp3) is 0.385. The SMILES string of the molecule is CC(C)c1nc(NN)cc(N(C)Cc2ccoc2)n1. The molecule has 0 aliphatic rings. The third-order valence-electron chi connectivity index (χ3n) is 2.79. The molecule has 0 atom stereocenters. The molecule has 0 aliphatic carbocycles. The molecule has 0 saturated carbocycles. The van der Waals surface area contributed by atoms with Gasteiger partial charge in [-0.05, 0) is 6.07 Å². The average molecular weight is 261 g/mol. The topological polar surface area (TPSA) is 80.2 Å². The molecule has 3 N–H and O–H groups in total. The van der Waals surface area contributed by atoms with Crippen LogP contribution in [0.3, 0.4) is 0 Å². The predicted octanol–water partition coefficient (Wildman–Crippen LogP) is 2.12. The van der Waals surface area contributed by atoms with Crippen LogP contribution in [0, 0.1) is 0 Å². The highest BCUT2D eigenvalue weighted by molar-refractivity contribution is 5.49. The molecule has 0 bridgehead atoms. The fourth-order valence-electron chi connectivity index (χ4n) is 1.72. The van der Waals surface area contributed by atoms with E-state index in [2.05, 4.69) is 29.2 Å². The molecular formula is C13H19N5O. The summed E-state index contributed by atoms with van der Waals surface area (Å²) >= 11 is 0. The minimum atomic E-state index is 0.245. The quantitative estimate of drug-likeness (QED) is 0.634. The van der Waals surface area contributed by atoms with E-state index in [0.717, 1.165) is 23.8 Å². The number of nitrogen functional groups attached to an aromatic ring is 1. The molecule has 0 aromatic carbocycles. The lowest BCUT2D eigenvalue weighted by Gasteiger charge is -2.19. The lowest BCUT2D eigenvalue weighted by Crippen LogP contribution is -2.20. The number of hydrogen-bond donors (Lipinski definition) is 2. The van der Waals surface area contributed by atoms with Crippen LogP contribution in [0.2, 0.25) is 0 Å². The monoisotopic (exact) mass is 261 g/mol. The Bertz CT molecular complexity index is 524. The van der Waals surface area contributed by atoms with E-state index in [1.54, 1.807) is 12.5 Å². The van der Waals surface area contributed by atoms with Gasteiger partial charge in [-0.2, -0.15) is 0 Å². The van der Waals surface area contributed by atoms with E-state index < -0.39 is 0 Å². The number of aromatic nitrogens is 2. The maximum absolute atomic E-state index is 5.45. The zero-order valence-electron chi connectivity index (χ0n) is 11.4. The summed E-state index contributed by atoms with van der Waals surface area (Å²) in [5, 5.41) is 0. The Morgan fingerprint density at radius 3 is 2.79 bits per heavy atom. The Labute approximate surface area is 112 Å². The molecule has 0 amide bonds. The first-order valence-corrected chi connectivity index (χ1v) is 6.18. The second-order valence-electron chi connectivity index (χ2n) is 4.76. The van der Waals surface area contributed by atoms with Gasteiger partial charge in [0.25, 0.3) is 0 Å². The van der Waals surface area contributed by atoms with Gasteiger partial charge in [0.2, 0.25) is 0 Å². The molecule has 0 aliphatic heterocycles. The number of anilines is 2. The Kier molecular flexibility index (Phi) is 4.01. The van der Waals surface area contributed by atoms with Crippen molar-refractivity contribution in [3.8, 4) is 0 Å². The van der Waals surface area contributed by atoms with Crippen molar-refractivity contribution in [2.24, 2.45) is 5.84 Å². The third-order valence-corrected chi connectivity index (χ3v) is 2.79. The van der Waals surface area contributed by atoms with Crippen LogP contribution in [0.5, 0.6) is 0 Å². The van der Waals surface area contributed by atoms with E-state index in [4.69, 9.17) is 10.3 Å². The first-order valence-electron chi connectivity index (χ1n) is 6.18. The molecule has 102 valence electrons. The zero-order valence-corrected chi connectivity index (χ0v) is 11.4. The Morgan fingerprint density at radius 2 is 2.21 bits per heavy atom. The molecule has 0 fully saturated rings. The zero-order chi connectivity index (χ0) is 13.8. The van der Waals surface area contributed by atoms with Gasteiger partial charge < -0.3 is 14.7 Å². The molecule has 0 radical (unpaired) electrons. The van der Waals surface area contributed by atoms with Gasteiger partial charge in [-0.15, -0.1) is 0 Å². The van der Waals surface area contributed by atoms with Crippen molar-refractivity contribution in [1.29, 1.82) is 0 Å². The van der Waals surface area contributed by atoms with Gasteiger partial charge >= 0.3 is 0 Å². The van der Waals surface area contributed by atoms with Gasteiger partial charge in [0.05, 0.1) is 12.5 Å². The maximum Gasteiger partial charge on any atom is 0.145 e. The van der Waals surface area contributed by atoms with Gasteiger partial charge in [-0.3, -0.25) is 0 Å². The van der Waals surface area contributed by atoms with Crippen molar-refractivity contribution in [2.75, 3.05) is 17.4 Å². The smallest absolute Gasteiger partial charge is 0.145 e. The van der Waals surface area contributed by atoms with Crippen molar-refractivity contribution in [3.05, 3.63) is 36.0 Å². The first kappa shape index (κ1) is 13.4. The molecule has 6 nitrogen and oxygen atoms in total. The van der Waals surface area contributed by atoms with Crippen LogP contribution >= 0.6 is 0 Å². The van der Waals surface area contributed by atoms with Gasteiger partial charge in [-0.25, -0.2) is 15.8 Å². The number of nitrogens with one attached hydrogen (secondary N) is 1. The Morgan fingerprint density at radius 1 is 1.42 bits per heavy atom. The standard InChI is InChI=1S/C13H19N5O/c1-9(2)13-15-11(17-14)6-12(16-13)18(3)7-10-4-5-19-8-10/h4-6,8-9H,7,14H2,1-3H3,(H,15,16,17). The number of hydrazine groups is 1. The lowest BCUT2D eigenvalue weighted by molar-refractivity contribution is 0.563. The van der Waals surface area contributed by atoms with Crippen molar-refractivity contribution >= 4 is 11.6 Å². The highest BCUT2D eigenvalue weighted by Crippen LogP contribution is 2.20. The lowest BCUT2D eigenvalue weighted by atomic mass is 10.2. The van der Waals surface area contributed by atoms with Crippen LogP contribution in [-0.4, -0.2) is 17.0 Å². The number of furan rings is 1. The molecule has 0 saturated heterocycles. The van der Waals surface area contributed by atoms with E-state index in [0.29, 0.717) is 5.82 Å². The maximum atomic E-state index is 5.45. The summed E-state index contributed by atoms with van der Waals surface area (Å²) < 4.78 is 5.07. The van der Waals surface area contributed by atoms with Crippen molar-refractivity contribution in [1.82, 2.24) is 9.97 Å². The molecule has 2 rings (SSSR count). The molecule has 0 spiro atoms.